The largest absolute Gasteiger partial charge is 0.341 e. The summed E-state index contributed by atoms with van der Waals surface area (Å²) < 4.78 is 1.23. The molecule has 5 rings (SSSR count). The number of rotatable bonds is 4. The van der Waals surface area contributed by atoms with Gasteiger partial charge in [0.25, 0.3) is 0 Å². The first-order valence-corrected chi connectivity index (χ1v) is 11.6. The lowest BCUT2D eigenvalue weighted by atomic mass is 9.98. The zero-order chi connectivity index (χ0) is 19.8. The van der Waals surface area contributed by atoms with E-state index in [9.17, 15) is 9.59 Å². The Kier molecular flexibility index (Phi) is 5.26. The highest BCUT2D eigenvalue weighted by Crippen LogP contribution is 2.33. The first-order chi connectivity index (χ1) is 14.2. The Labute approximate surface area is 175 Å². The molecule has 1 atom stereocenters. The smallest absolute Gasteiger partial charge is 0.236 e. The number of fused-ring (bicyclic) bond motifs is 1. The van der Waals surface area contributed by atoms with Crippen LogP contribution in [0, 0.1) is 5.92 Å². The van der Waals surface area contributed by atoms with E-state index in [1.54, 1.807) is 11.3 Å². The number of hydrogen-bond donors (Lipinski definition) is 0. The zero-order valence-corrected chi connectivity index (χ0v) is 17.6. The van der Waals surface area contributed by atoms with Crippen LogP contribution in [-0.2, 0) is 9.59 Å². The molecule has 1 saturated carbocycles. The maximum atomic E-state index is 12.9. The Morgan fingerprint density at radius 2 is 1.79 bits per heavy atom. The molecular weight excluding hydrogens is 384 g/mol. The van der Waals surface area contributed by atoms with E-state index in [0.717, 1.165) is 75.5 Å². The Morgan fingerprint density at radius 3 is 2.55 bits per heavy atom. The van der Waals surface area contributed by atoms with E-state index in [-0.39, 0.29) is 11.8 Å². The van der Waals surface area contributed by atoms with Gasteiger partial charge in [0, 0.05) is 51.1 Å². The van der Waals surface area contributed by atoms with Crippen LogP contribution in [0.25, 0.3) is 10.2 Å². The summed E-state index contributed by atoms with van der Waals surface area (Å²) in [5, 5.41) is 1.16. The number of carbonyl (C=O) groups excluding carboxylic acids is 2. The van der Waals surface area contributed by atoms with Gasteiger partial charge in [-0.15, -0.1) is 11.3 Å². The maximum Gasteiger partial charge on any atom is 0.236 e. The third-order valence-corrected chi connectivity index (χ3v) is 7.60. The Morgan fingerprint density at radius 1 is 1.00 bits per heavy atom. The van der Waals surface area contributed by atoms with Crippen LogP contribution < -0.4 is 0 Å². The number of piperazine rings is 1. The molecule has 0 radical (unpaired) electrons. The predicted molar refractivity (Wildman–Crippen MR) is 114 cm³/mol. The van der Waals surface area contributed by atoms with Crippen molar-refractivity contribution in [3.8, 4) is 0 Å². The highest BCUT2D eigenvalue weighted by Gasteiger charge is 2.35. The van der Waals surface area contributed by atoms with Crippen LogP contribution in [0.4, 0.5) is 0 Å². The van der Waals surface area contributed by atoms with E-state index in [4.69, 9.17) is 4.98 Å². The van der Waals surface area contributed by atoms with Crippen LogP contribution in [0.1, 0.15) is 36.6 Å². The first-order valence-electron chi connectivity index (χ1n) is 10.8. The van der Waals surface area contributed by atoms with Gasteiger partial charge in [0.15, 0.2) is 0 Å². The number of hydrogen-bond acceptors (Lipinski definition) is 5. The number of benzene rings is 1. The second-order valence-corrected chi connectivity index (χ2v) is 9.64. The maximum absolute atomic E-state index is 12.9. The monoisotopic (exact) mass is 412 g/mol. The molecule has 0 unspecified atom stereocenters. The Bertz CT molecular complexity index is 868. The van der Waals surface area contributed by atoms with Crippen LogP contribution in [0.5, 0.6) is 0 Å². The molecule has 2 aromatic rings. The third kappa shape index (κ3) is 4.16. The van der Waals surface area contributed by atoms with Gasteiger partial charge in [-0.3, -0.25) is 14.5 Å². The fourth-order valence-electron chi connectivity index (χ4n) is 4.48. The van der Waals surface area contributed by atoms with Crippen LogP contribution >= 0.6 is 11.3 Å². The summed E-state index contributed by atoms with van der Waals surface area (Å²) in [5.74, 6) is 1.18. The highest BCUT2D eigenvalue weighted by molar-refractivity contribution is 7.18. The van der Waals surface area contributed by atoms with Gasteiger partial charge < -0.3 is 9.80 Å². The molecule has 0 bridgehead atoms. The lowest BCUT2D eigenvalue weighted by Crippen LogP contribution is -2.52. The summed E-state index contributed by atoms with van der Waals surface area (Å²) in [6.45, 7) is 5.23. The number of likely N-dealkylation sites (tertiary alicyclic amines) is 1. The molecule has 29 heavy (non-hydrogen) atoms. The second-order valence-electron chi connectivity index (χ2n) is 8.57. The molecule has 2 amide bonds. The van der Waals surface area contributed by atoms with Gasteiger partial charge in [0.05, 0.1) is 21.8 Å². The van der Waals surface area contributed by atoms with Crippen molar-refractivity contribution in [3.05, 3.63) is 29.3 Å². The van der Waals surface area contributed by atoms with Gasteiger partial charge in [0.2, 0.25) is 11.8 Å². The van der Waals surface area contributed by atoms with E-state index in [1.807, 2.05) is 15.9 Å². The molecule has 1 aromatic carbocycles. The van der Waals surface area contributed by atoms with E-state index >= 15 is 0 Å². The van der Waals surface area contributed by atoms with E-state index in [1.165, 1.54) is 4.70 Å². The lowest BCUT2D eigenvalue weighted by Gasteiger charge is -2.37. The minimum absolute atomic E-state index is 0.220. The fraction of sp³-hybridized carbons (Fsp3) is 0.591. The van der Waals surface area contributed by atoms with Crippen molar-refractivity contribution in [1.29, 1.82) is 0 Å². The standard InChI is InChI=1S/C22H28N4O2S/c27-20(15-24-10-12-25(13-11-24)22(28)16-7-8-16)26-9-3-4-17(14-26)21-23-18-5-1-2-6-19(18)29-21/h1-2,5-6,16-17H,3-4,7-15H2/t17-/m0/s1. The third-order valence-electron chi connectivity index (χ3n) is 6.40. The average Bonchev–Trinajstić information content (AvgIpc) is 3.52. The minimum Gasteiger partial charge on any atom is -0.341 e. The SMILES string of the molecule is O=C(CN1CCN(C(=O)C2CC2)CC1)N1CCC[C@H](c2nc3ccccc3s2)C1. The number of para-hydroxylation sites is 1. The first kappa shape index (κ1) is 19.0. The normalized spacial score (nSPS) is 23.5. The van der Waals surface area contributed by atoms with E-state index in [0.29, 0.717) is 18.4 Å². The van der Waals surface area contributed by atoms with Crippen molar-refractivity contribution >= 4 is 33.4 Å². The molecule has 3 heterocycles. The minimum atomic E-state index is 0.220. The Hall–Kier alpha value is -1.99. The van der Waals surface area contributed by atoms with Crippen LogP contribution in [0.2, 0.25) is 0 Å². The van der Waals surface area contributed by atoms with Crippen molar-refractivity contribution in [2.75, 3.05) is 45.8 Å². The topological polar surface area (TPSA) is 56.8 Å². The molecule has 1 aromatic heterocycles. The van der Waals surface area contributed by atoms with Gasteiger partial charge in [-0.25, -0.2) is 4.98 Å². The van der Waals surface area contributed by atoms with E-state index in [2.05, 4.69) is 23.1 Å². The molecule has 3 aliphatic rings. The molecule has 0 spiro atoms. The summed E-state index contributed by atoms with van der Waals surface area (Å²) in [6, 6.07) is 8.27. The van der Waals surface area contributed by atoms with Crippen molar-refractivity contribution in [2.45, 2.75) is 31.6 Å². The van der Waals surface area contributed by atoms with Crippen molar-refractivity contribution < 1.29 is 9.59 Å². The summed E-state index contributed by atoms with van der Waals surface area (Å²) in [6.07, 6.45) is 4.26. The van der Waals surface area contributed by atoms with Gasteiger partial charge in [-0.1, -0.05) is 12.1 Å². The number of aromatic nitrogens is 1. The quantitative estimate of drug-likeness (QED) is 0.775. The second kappa shape index (κ2) is 8.03. The van der Waals surface area contributed by atoms with Crippen LogP contribution in [0.3, 0.4) is 0 Å². The molecule has 0 N–H and O–H groups in total. The summed E-state index contributed by atoms with van der Waals surface area (Å²) >= 11 is 1.77. The number of carbonyl (C=O) groups is 2. The zero-order valence-electron chi connectivity index (χ0n) is 16.8. The number of nitrogens with zero attached hydrogens (tertiary/aromatic N) is 4. The van der Waals surface area contributed by atoms with Crippen molar-refractivity contribution in [2.24, 2.45) is 5.92 Å². The molecule has 2 aliphatic heterocycles. The van der Waals surface area contributed by atoms with Crippen molar-refractivity contribution in [3.63, 3.8) is 0 Å². The van der Waals surface area contributed by atoms with Crippen LogP contribution in [0.15, 0.2) is 24.3 Å². The van der Waals surface area contributed by atoms with E-state index < -0.39 is 0 Å². The molecule has 7 heteroatoms. The number of piperidine rings is 1. The van der Waals surface area contributed by atoms with Gasteiger partial charge in [-0.05, 0) is 37.8 Å². The molecular formula is C22H28N4O2S. The molecule has 6 nitrogen and oxygen atoms in total. The fourth-order valence-corrected chi connectivity index (χ4v) is 5.57. The molecule has 154 valence electrons. The van der Waals surface area contributed by atoms with Gasteiger partial charge in [-0.2, -0.15) is 0 Å². The summed E-state index contributed by atoms with van der Waals surface area (Å²) in [5.41, 5.74) is 1.06. The molecule has 3 fully saturated rings. The summed E-state index contributed by atoms with van der Waals surface area (Å²) in [7, 11) is 0. The lowest BCUT2D eigenvalue weighted by molar-refractivity contribution is -0.136. The highest BCUT2D eigenvalue weighted by atomic mass is 32.1. The average molecular weight is 413 g/mol. The van der Waals surface area contributed by atoms with Crippen LogP contribution in [-0.4, -0.2) is 77.3 Å². The molecule has 1 aliphatic carbocycles. The molecule has 2 saturated heterocycles. The number of thiazole rings is 1. The predicted octanol–water partition coefficient (Wildman–Crippen LogP) is 2.56. The Balaban J connectivity index is 1.15. The summed E-state index contributed by atoms with van der Waals surface area (Å²) in [4.78, 5) is 36.2. The van der Waals surface area contributed by atoms with Gasteiger partial charge in [0.1, 0.15) is 0 Å². The van der Waals surface area contributed by atoms with Gasteiger partial charge >= 0.3 is 0 Å². The van der Waals surface area contributed by atoms with Crippen molar-refractivity contribution in [1.82, 2.24) is 19.7 Å². The number of amides is 2.